The number of benzene rings is 1. The van der Waals surface area contributed by atoms with Crippen LogP contribution < -0.4 is 15.6 Å². The molecule has 0 saturated carbocycles. The molecular weight excluding hydrogens is 439 g/mol. The number of rotatable bonds is 7. The normalized spacial score (nSPS) is 18.2. The third-order valence-corrected chi connectivity index (χ3v) is 5.74. The second kappa shape index (κ2) is 10.4. The maximum absolute atomic E-state index is 14.7. The molecule has 3 rings (SSSR count). The second-order valence-corrected chi connectivity index (χ2v) is 8.44. The zero-order valence-corrected chi connectivity index (χ0v) is 19.2. The van der Waals surface area contributed by atoms with Crippen LogP contribution in [-0.2, 0) is 19.1 Å². The van der Waals surface area contributed by atoms with Crippen molar-refractivity contribution in [3.05, 3.63) is 34.1 Å². The maximum atomic E-state index is 14.7. The van der Waals surface area contributed by atoms with E-state index in [-0.39, 0.29) is 28.7 Å². The van der Waals surface area contributed by atoms with Crippen molar-refractivity contribution in [1.82, 2.24) is 10.4 Å². The summed E-state index contributed by atoms with van der Waals surface area (Å²) in [7, 11) is 0. The lowest BCUT2D eigenvalue weighted by atomic mass is 10.1. The Bertz CT molecular complexity index is 942. The van der Waals surface area contributed by atoms with Gasteiger partial charge in [-0.05, 0) is 32.4 Å². The van der Waals surface area contributed by atoms with Gasteiger partial charge in [0, 0.05) is 18.7 Å². The van der Waals surface area contributed by atoms with E-state index < -0.39 is 23.7 Å². The SMILES string of the molecule is CCCC(Nc1cc(N2C(=O)CC(=C(C)C)C2=O)c(F)cc1Cl)C(=O)NN1CCOCC1. The number of hydrogen-bond donors (Lipinski definition) is 2. The Morgan fingerprint density at radius 2 is 1.94 bits per heavy atom. The number of imide groups is 1. The summed E-state index contributed by atoms with van der Waals surface area (Å²) in [5, 5.41) is 4.90. The van der Waals surface area contributed by atoms with Crippen molar-refractivity contribution in [2.45, 2.75) is 46.1 Å². The second-order valence-electron chi connectivity index (χ2n) is 8.03. The highest BCUT2D eigenvalue weighted by Crippen LogP contribution is 2.35. The van der Waals surface area contributed by atoms with Crippen molar-refractivity contribution < 1.29 is 23.5 Å². The third-order valence-electron chi connectivity index (χ3n) is 5.42. The summed E-state index contributed by atoms with van der Waals surface area (Å²) in [6.07, 6.45) is 1.14. The van der Waals surface area contributed by atoms with Gasteiger partial charge >= 0.3 is 0 Å². The number of allylic oxidation sites excluding steroid dienone is 1. The summed E-state index contributed by atoms with van der Waals surface area (Å²) in [6, 6.07) is 1.71. The molecule has 2 aliphatic heterocycles. The van der Waals surface area contributed by atoms with E-state index in [1.54, 1.807) is 18.9 Å². The molecule has 1 aromatic carbocycles. The molecule has 0 bridgehead atoms. The summed E-state index contributed by atoms with van der Waals surface area (Å²) in [5.74, 6) is -2.09. The van der Waals surface area contributed by atoms with Crippen molar-refractivity contribution in [3.8, 4) is 0 Å². The molecule has 8 nitrogen and oxygen atoms in total. The largest absolute Gasteiger partial charge is 0.379 e. The van der Waals surface area contributed by atoms with Crippen LogP contribution in [0.15, 0.2) is 23.3 Å². The van der Waals surface area contributed by atoms with Gasteiger partial charge in [-0.1, -0.05) is 30.5 Å². The number of morpholine rings is 1. The molecule has 1 atom stereocenters. The molecule has 0 spiro atoms. The van der Waals surface area contributed by atoms with Crippen LogP contribution >= 0.6 is 11.6 Å². The summed E-state index contributed by atoms with van der Waals surface area (Å²) >= 11 is 6.24. The number of hydrogen-bond acceptors (Lipinski definition) is 6. The number of carbonyl (C=O) groups is 3. The summed E-state index contributed by atoms with van der Waals surface area (Å²) < 4.78 is 20.0. The van der Waals surface area contributed by atoms with Gasteiger partial charge in [0.15, 0.2) is 0 Å². The van der Waals surface area contributed by atoms with E-state index >= 15 is 0 Å². The minimum absolute atomic E-state index is 0.0491. The van der Waals surface area contributed by atoms with Crippen LogP contribution in [0.4, 0.5) is 15.8 Å². The number of nitrogens with one attached hydrogen (secondary N) is 2. The predicted molar refractivity (Wildman–Crippen MR) is 120 cm³/mol. The van der Waals surface area contributed by atoms with Crippen molar-refractivity contribution in [3.63, 3.8) is 0 Å². The van der Waals surface area contributed by atoms with Crippen LogP contribution in [-0.4, -0.2) is 55.1 Å². The zero-order valence-electron chi connectivity index (χ0n) is 18.5. The Labute approximate surface area is 191 Å². The quantitative estimate of drug-likeness (QED) is 0.474. The third kappa shape index (κ3) is 5.28. The average molecular weight is 467 g/mol. The van der Waals surface area contributed by atoms with Crippen LogP contribution in [0, 0.1) is 5.82 Å². The fraction of sp³-hybridized carbons (Fsp3) is 0.500. The summed E-state index contributed by atoms with van der Waals surface area (Å²) in [4.78, 5) is 38.9. The van der Waals surface area contributed by atoms with Gasteiger partial charge in [0.1, 0.15) is 11.9 Å². The Balaban J connectivity index is 1.85. The first kappa shape index (κ1) is 24.2. The topological polar surface area (TPSA) is 91.0 Å². The number of halogens is 2. The van der Waals surface area contributed by atoms with Crippen LogP contribution in [0.5, 0.6) is 0 Å². The first-order chi connectivity index (χ1) is 15.2. The lowest BCUT2D eigenvalue weighted by Crippen LogP contribution is -2.52. The van der Waals surface area contributed by atoms with E-state index in [0.717, 1.165) is 11.0 Å². The van der Waals surface area contributed by atoms with E-state index in [1.165, 1.54) is 6.07 Å². The Morgan fingerprint density at radius 3 is 2.53 bits per heavy atom. The lowest BCUT2D eigenvalue weighted by molar-refractivity contribution is -0.129. The van der Waals surface area contributed by atoms with E-state index in [9.17, 15) is 18.8 Å². The van der Waals surface area contributed by atoms with Gasteiger partial charge < -0.3 is 10.1 Å². The van der Waals surface area contributed by atoms with Crippen molar-refractivity contribution in [1.29, 1.82) is 0 Å². The van der Waals surface area contributed by atoms with E-state index in [1.807, 2.05) is 6.92 Å². The van der Waals surface area contributed by atoms with Gasteiger partial charge in [0.05, 0.1) is 36.0 Å². The number of nitrogens with zero attached hydrogens (tertiary/aromatic N) is 2. The Kier molecular flexibility index (Phi) is 7.86. The van der Waals surface area contributed by atoms with Crippen molar-refractivity contribution >= 4 is 40.7 Å². The summed E-state index contributed by atoms with van der Waals surface area (Å²) in [6.45, 7) is 7.64. The Morgan fingerprint density at radius 1 is 1.25 bits per heavy atom. The molecule has 2 heterocycles. The minimum Gasteiger partial charge on any atom is -0.379 e. The van der Waals surface area contributed by atoms with Gasteiger partial charge in [-0.3, -0.25) is 19.8 Å². The van der Waals surface area contributed by atoms with E-state index in [4.69, 9.17) is 16.3 Å². The smallest absolute Gasteiger partial charge is 0.261 e. The number of ether oxygens (including phenoxy) is 1. The molecule has 0 radical (unpaired) electrons. The van der Waals surface area contributed by atoms with Gasteiger partial charge in [-0.15, -0.1) is 0 Å². The van der Waals surface area contributed by atoms with Crippen LogP contribution in [0.25, 0.3) is 0 Å². The fourth-order valence-corrected chi connectivity index (χ4v) is 3.87. The number of carbonyl (C=O) groups excluding carboxylic acids is 3. The minimum atomic E-state index is -0.790. The fourth-order valence-electron chi connectivity index (χ4n) is 3.66. The Hall–Kier alpha value is -2.49. The lowest BCUT2D eigenvalue weighted by Gasteiger charge is -2.29. The van der Waals surface area contributed by atoms with E-state index in [2.05, 4.69) is 10.7 Å². The highest BCUT2D eigenvalue weighted by molar-refractivity contribution is 6.34. The first-order valence-corrected chi connectivity index (χ1v) is 11.0. The molecule has 2 aliphatic rings. The molecule has 10 heteroatoms. The molecule has 2 fully saturated rings. The highest BCUT2D eigenvalue weighted by atomic mass is 35.5. The molecule has 2 N–H and O–H groups in total. The molecule has 0 aromatic heterocycles. The molecular formula is C22H28ClFN4O4. The standard InChI is InChI=1S/C22H28ClFN4O4/c1-4-5-17(21(30)26-27-6-8-32-9-7-27)25-18-12-19(16(24)11-15(18)23)28-20(29)10-14(13(2)3)22(28)31/h11-12,17,25H,4-10H2,1-3H3,(H,26,30). The maximum Gasteiger partial charge on any atom is 0.261 e. The van der Waals surface area contributed by atoms with Crippen LogP contribution in [0.3, 0.4) is 0 Å². The van der Waals surface area contributed by atoms with Crippen molar-refractivity contribution in [2.24, 2.45) is 0 Å². The molecule has 2 saturated heterocycles. The van der Waals surface area contributed by atoms with Gasteiger partial charge in [0.25, 0.3) is 11.8 Å². The first-order valence-electron chi connectivity index (χ1n) is 10.6. The highest BCUT2D eigenvalue weighted by Gasteiger charge is 2.37. The van der Waals surface area contributed by atoms with Gasteiger partial charge in [-0.25, -0.2) is 14.3 Å². The molecule has 3 amide bonds. The predicted octanol–water partition coefficient (Wildman–Crippen LogP) is 3.02. The van der Waals surface area contributed by atoms with Crippen LogP contribution in [0.1, 0.15) is 40.0 Å². The molecule has 0 aliphatic carbocycles. The monoisotopic (exact) mass is 466 g/mol. The molecule has 174 valence electrons. The average Bonchev–Trinajstić information content (AvgIpc) is 3.04. The molecule has 32 heavy (non-hydrogen) atoms. The van der Waals surface area contributed by atoms with Crippen molar-refractivity contribution in [2.75, 3.05) is 36.5 Å². The number of hydrazine groups is 1. The van der Waals surface area contributed by atoms with Gasteiger partial charge in [0.2, 0.25) is 5.91 Å². The number of amides is 3. The van der Waals surface area contributed by atoms with Crippen LogP contribution in [0.2, 0.25) is 5.02 Å². The molecule has 1 unspecified atom stereocenters. The van der Waals surface area contributed by atoms with E-state index in [0.29, 0.717) is 50.3 Å². The molecule has 1 aromatic rings. The number of anilines is 2. The van der Waals surface area contributed by atoms with Gasteiger partial charge in [-0.2, -0.15) is 0 Å². The summed E-state index contributed by atoms with van der Waals surface area (Å²) in [5.41, 5.74) is 4.01. The zero-order chi connectivity index (χ0) is 23.4.